The quantitative estimate of drug-likeness (QED) is 0.327. The van der Waals surface area contributed by atoms with Crippen LogP contribution in [-0.2, 0) is 6.54 Å². The number of carbonyl (C=O) groups is 1. The Morgan fingerprint density at radius 2 is 1.79 bits per heavy atom. The van der Waals surface area contributed by atoms with Crippen molar-refractivity contribution in [2.45, 2.75) is 26.4 Å². The highest BCUT2D eigenvalue weighted by atomic mass is 35.5. The van der Waals surface area contributed by atoms with Gasteiger partial charge in [-0.15, -0.1) is 10.2 Å². The van der Waals surface area contributed by atoms with Gasteiger partial charge >= 0.3 is 0 Å². The van der Waals surface area contributed by atoms with E-state index in [0.717, 1.165) is 4.90 Å². The fourth-order valence-corrected chi connectivity index (χ4v) is 2.80. The minimum absolute atomic E-state index is 0.00886. The predicted octanol–water partition coefficient (Wildman–Crippen LogP) is 5.00. The average molecular weight is 428 g/mol. The average Bonchev–Trinajstić information content (AvgIpc) is 3.15. The van der Waals surface area contributed by atoms with Crippen LogP contribution in [0.1, 0.15) is 30.1 Å². The van der Waals surface area contributed by atoms with E-state index in [1.54, 1.807) is 38.1 Å². The zero-order valence-corrected chi connectivity index (χ0v) is 16.0. The second kappa shape index (κ2) is 8.20. The Morgan fingerprint density at radius 3 is 2.45 bits per heavy atom. The molecule has 1 aromatic heterocycles. The number of hydrogen-bond donors (Lipinski definition) is 0. The van der Waals surface area contributed by atoms with E-state index in [0.29, 0.717) is 16.7 Å². The molecule has 1 amide bonds. The van der Waals surface area contributed by atoms with Gasteiger partial charge in [0.15, 0.2) is 23.3 Å². The number of aromatic nitrogens is 2. The monoisotopic (exact) mass is 427 g/mol. The second-order valence-electron chi connectivity index (χ2n) is 6.36. The van der Waals surface area contributed by atoms with Crippen molar-refractivity contribution in [1.82, 2.24) is 15.1 Å². The van der Waals surface area contributed by atoms with E-state index in [2.05, 4.69) is 10.2 Å². The van der Waals surface area contributed by atoms with Crippen molar-refractivity contribution in [3.8, 4) is 11.5 Å². The number of benzene rings is 2. The van der Waals surface area contributed by atoms with Gasteiger partial charge in [-0.3, -0.25) is 4.79 Å². The maximum absolute atomic E-state index is 14.0. The molecule has 152 valence electrons. The molecule has 0 aliphatic heterocycles. The van der Waals surface area contributed by atoms with E-state index in [4.69, 9.17) is 16.0 Å². The third-order valence-corrected chi connectivity index (χ3v) is 4.42. The largest absolute Gasteiger partial charge is 0.419 e. The third kappa shape index (κ3) is 4.09. The first kappa shape index (κ1) is 20.8. The lowest BCUT2D eigenvalue weighted by Gasteiger charge is -2.25. The Hall–Kier alpha value is -2.94. The van der Waals surface area contributed by atoms with Gasteiger partial charge in [0.2, 0.25) is 11.8 Å². The third-order valence-electron chi connectivity index (χ3n) is 4.09. The molecular formula is C19H14ClF4N3O2. The van der Waals surface area contributed by atoms with Crippen LogP contribution >= 0.6 is 11.6 Å². The van der Waals surface area contributed by atoms with E-state index < -0.39 is 40.8 Å². The van der Waals surface area contributed by atoms with Crippen molar-refractivity contribution in [3.05, 3.63) is 70.1 Å². The molecule has 0 N–H and O–H groups in total. The van der Waals surface area contributed by atoms with Crippen LogP contribution in [-0.4, -0.2) is 27.0 Å². The predicted molar refractivity (Wildman–Crippen MR) is 96.0 cm³/mol. The van der Waals surface area contributed by atoms with Crippen molar-refractivity contribution in [2.75, 3.05) is 0 Å². The van der Waals surface area contributed by atoms with Gasteiger partial charge in [-0.2, -0.15) is 0 Å². The molecule has 0 fully saturated rings. The van der Waals surface area contributed by atoms with Crippen LogP contribution in [0, 0.1) is 23.3 Å². The summed E-state index contributed by atoms with van der Waals surface area (Å²) in [6.45, 7) is 2.92. The van der Waals surface area contributed by atoms with Crippen molar-refractivity contribution >= 4 is 17.5 Å². The SMILES string of the molecule is CC(C)N(Cc1nnc(-c2ccccc2Cl)o1)C(=O)c1cc(F)c(F)c(F)c1F. The molecule has 0 bridgehead atoms. The van der Waals surface area contributed by atoms with Gasteiger partial charge in [0.05, 0.1) is 22.7 Å². The zero-order chi connectivity index (χ0) is 21.3. The Labute approximate surface area is 167 Å². The van der Waals surface area contributed by atoms with Gasteiger partial charge in [-0.1, -0.05) is 23.7 Å². The highest BCUT2D eigenvalue weighted by molar-refractivity contribution is 6.33. The summed E-state index contributed by atoms with van der Waals surface area (Å²) in [7, 11) is 0. The van der Waals surface area contributed by atoms with Gasteiger partial charge < -0.3 is 9.32 Å². The summed E-state index contributed by atoms with van der Waals surface area (Å²) in [6.07, 6.45) is 0. The van der Waals surface area contributed by atoms with Crippen molar-refractivity contribution in [1.29, 1.82) is 0 Å². The number of amides is 1. The van der Waals surface area contributed by atoms with Crippen LogP contribution in [0.25, 0.3) is 11.5 Å². The Morgan fingerprint density at radius 1 is 1.10 bits per heavy atom. The summed E-state index contributed by atoms with van der Waals surface area (Å²) in [6, 6.07) is 6.51. The smallest absolute Gasteiger partial charge is 0.257 e. The topological polar surface area (TPSA) is 59.2 Å². The minimum Gasteiger partial charge on any atom is -0.419 e. The fraction of sp³-hybridized carbons (Fsp3) is 0.211. The molecule has 29 heavy (non-hydrogen) atoms. The molecule has 0 atom stereocenters. The van der Waals surface area contributed by atoms with Gasteiger partial charge in [0.1, 0.15) is 0 Å². The highest BCUT2D eigenvalue weighted by Gasteiger charge is 2.29. The number of hydrogen-bond acceptors (Lipinski definition) is 4. The van der Waals surface area contributed by atoms with Crippen LogP contribution in [0.15, 0.2) is 34.7 Å². The van der Waals surface area contributed by atoms with Gasteiger partial charge in [0.25, 0.3) is 5.91 Å². The Balaban J connectivity index is 1.91. The van der Waals surface area contributed by atoms with Crippen LogP contribution in [0.4, 0.5) is 17.6 Å². The van der Waals surface area contributed by atoms with E-state index in [-0.39, 0.29) is 18.3 Å². The summed E-state index contributed by atoms with van der Waals surface area (Å²) in [5, 5.41) is 8.07. The lowest BCUT2D eigenvalue weighted by atomic mass is 10.1. The van der Waals surface area contributed by atoms with Crippen molar-refractivity contribution in [2.24, 2.45) is 0 Å². The first-order valence-corrected chi connectivity index (χ1v) is 8.79. The van der Waals surface area contributed by atoms with Gasteiger partial charge in [-0.25, -0.2) is 17.6 Å². The lowest BCUT2D eigenvalue weighted by molar-refractivity contribution is 0.0665. The van der Waals surface area contributed by atoms with E-state index in [1.165, 1.54) is 0 Å². The molecular weight excluding hydrogens is 414 g/mol. The number of nitrogens with zero attached hydrogens (tertiary/aromatic N) is 3. The molecule has 10 heteroatoms. The molecule has 1 heterocycles. The maximum atomic E-state index is 14.0. The van der Waals surface area contributed by atoms with E-state index in [1.807, 2.05) is 0 Å². The molecule has 0 spiro atoms. The lowest BCUT2D eigenvalue weighted by Crippen LogP contribution is -2.37. The molecule has 0 unspecified atom stereocenters. The summed E-state index contributed by atoms with van der Waals surface area (Å²) >= 11 is 6.08. The number of rotatable bonds is 5. The molecule has 0 saturated carbocycles. The number of halogens is 5. The molecule has 2 aromatic carbocycles. The van der Waals surface area contributed by atoms with Crippen molar-refractivity contribution in [3.63, 3.8) is 0 Å². The van der Waals surface area contributed by atoms with Crippen LogP contribution in [0.2, 0.25) is 5.02 Å². The van der Waals surface area contributed by atoms with E-state index >= 15 is 0 Å². The standard InChI is InChI=1S/C19H14ClF4N3O2/c1-9(2)27(19(28)11-7-13(21)16(23)17(24)15(11)22)8-14-25-26-18(29-14)10-5-3-4-6-12(10)20/h3-7,9H,8H2,1-2H3. The second-order valence-corrected chi connectivity index (χ2v) is 6.76. The molecule has 3 aromatic rings. The van der Waals surface area contributed by atoms with Crippen LogP contribution in [0.3, 0.4) is 0 Å². The molecule has 0 aliphatic carbocycles. The minimum atomic E-state index is -2.06. The summed E-state index contributed by atoms with van der Waals surface area (Å²) in [4.78, 5) is 13.7. The Kier molecular flexibility index (Phi) is 5.88. The molecule has 0 saturated heterocycles. The normalized spacial score (nSPS) is 11.2. The number of carbonyl (C=O) groups excluding carboxylic acids is 1. The van der Waals surface area contributed by atoms with E-state index in [9.17, 15) is 22.4 Å². The van der Waals surface area contributed by atoms with Gasteiger partial charge in [-0.05, 0) is 32.0 Å². The van der Waals surface area contributed by atoms with Crippen LogP contribution < -0.4 is 0 Å². The first-order valence-electron chi connectivity index (χ1n) is 8.42. The summed E-state index contributed by atoms with van der Waals surface area (Å²) < 4.78 is 59.7. The van der Waals surface area contributed by atoms with Gasteiger partial charge in [0, 0.05) is 6.04 Å². The zero-order valence-electron chi connectivity index (χ0n) is 15.2. The Bertz CT molecular complexity index is 1070. The first-order chi connectivity index (χ1) is 13.7. The fourth-order valence-electron chi connectivity index (χ4n) is 2.58. The van der Waals surface area contributed by atoms with Crippen molar-refractivity contribution < 1.29 is 26.8 Å². The summed E-state index contributed by atoms with van der Waals surface area (Å²) in [5.74, 6) is -8.46. The summed E-state index contributed by atoms with van der Waals surface area (Å²) in [5.41, 5.74) is -0.468. The molecule has 0 radical (unpaired) electrons. The molecule has 0 aliphatic rings. The molecule has 5 nitrogen and oxygen atoms in total. The molecule has 3 rings (SSSR count). The van der Waals surface area contributed by atoms with Crippen LogP contribution in [0.5, 0.6) is 0 Å². The maximum Gasteiger partial charge on any atom is 0.257 e. The highest BCUT2D eigenvalue weighted by Crippen LogP contribution is 2.27.